The fraction of sp³-hybridized carbons (Fsp3) is 0. The molecule has 8 heterocycles. The molecule has 0 N–H and O–H groups in total. The Morgan fingerprint density at radius 2 is 0.580 bits per heavy atom. The van der Waals surface area contributed by atoms with E-state index in [-0.39, 0.29) is 0 Å². The molecule has 9 heteroatoms. The lowest BCUT2D eigenvalue weighted by molar-refractivity contribution is 1.18. The summed E-state index contributed by atoms with van der Waals surface area (Å²) in [7, 11) is 0. The van der Waals surface area contributed by atoms with Crippen molar-refractivity contribution in [2.75, 3.05) is 0 Å². The summed E-state index contributed by atoms with van der Waals surface area (Å²) in [6, 6.07) is 111. The van der Waals surface area contributed by atoms with E-state index in [9.17, 15) is 0 Å². The second-order valence-corrected chi connectivity index (χ2v) is 24.5. The topological polar surface area (TPSA) is 116 Å². The van der Waals surface area contributed by atoms with Crippen molar-refractivity contribution in [1.82, 2.24) is 44.9 Å². The predicted molar refractivity (Wildman–Crippen MR) is 408 cm³/mol. The fourth-order valence-electron chi connectivity index (χ4n) is 13.4. The number of hydrogen-bond acceptors (Lipinski definition) is 9. The average molecular weight is 1280 g/mol. The van der Waals surface area contributed by atoms with Crippen LogP contribution in [0.15, 0.2) is 359 Å². The Hall–Kier alpha value is -13.6. The van der Waals surface area contributed by atoms with Crippen LogP contribution in [0.2, 0.25) is 0 Å². The maximum absolute atomic E-state index is 5.10. The summed E-state index contributed by atoms with van der Waals surface area (Å²) >= 11 is 0. The van der Waals surface area contributed by atoms with Gasteiger partial charge >= 0.3 is 0 Å². The van der Waals surface area contributed by atoms with E-state index in [2.05, 4.69) is 244 Å². The molecule has 0 bridgehead atoms. The van der Waals surface area contributed by atoms with Crippen LogP contribution in [-0.2, 0) is 0 Å². The molecule has 468 valence electrons. The van der Waals surface area contributed by atoms with Gasteiger partial charge in [0.1, 0.15) is 0 Å². The van der Waals surface area contributed by atoms with Crippen LogP contribution in [0.5, 0.6) is 0 Å². The number of benzene rings is 10. The van der Waals surface area contributed by atoms with Crippen molar-refractivity contribution in [1.29, 1.82) is 0 Å². The molecule has 0 aliphatic rings. The molecule has 0 unspecified atom stereocenters. The van der Waals surface area contributed by atoms with E-state index in [1.165, 1.54) is 21.9 Å². The molecule has 0 aliphatic heterocycles. The summed E-state index contributed by atoms with van der Waals surface area (Å²) in [5.74, 6) is 0.711. The third-order valence-corrected chi connectivity index (χ3v) is 18.2. The van der Waals surface area contributed by atoms with Gasteiger partial charge in [-0.05, 0) is 147 Å². The minimum atomic E-state index is 0.711. The first-order valence-electron chi connectivity index (χ1n) is 33.3. The first-order chi connectivity index (χ1) is 49.6. The molecule has 18 rings (SSSR count). The minimum Gasteiger partial charge on any atom is -0.264 e. The summed E-state index contributed by atoms with van der Waals surface area (Å²) in [4.78, 5) is 43.0. The zero-order chi connectivity index (χ0) is 66.6. The molecule has 0 aliphatic carbocycles. The molecule has 0 fully saturated rings. The normalized spacial score (nSPS) is 11.2. The third kappa shape index (κ3) is 12.1. The third-order valence-electron chi connectivity index (χ3n) is 18.2. The molecule has 18 aromatic rings. The van der Waals surface area contributed by atoms with Crippen LogP contribution in [0.3, 0.4) is 0 Å². The van der Waals surface area contributed by atoms with Gasteiger partial charge in [0.05, 0.1) is 56.6 Å². The molecule has 0 atom stereocenters. The molecule has 8 aromatic heterocycles. The smallest absolute Gasteiger partial charge is 0.160 e. The first-order valence-corrected chi connectivity index (χ1v) is 33.3. The van der Waals surface area contributed by atoms with Crippen molar-refractivity contribution in [3.63, 3.8) is 0 Å². The molecule has 100 heavy (non-hydrogen) atoms. The van der Waals surface area contributed by atoms with Gasteiger partial charge in [-0.1, -0.05) is 231 Å². The Labute approximate surface area is 578 Å². The summed E-state index contributed by atoms with van der Waals surface area (Å²) in [5, 5.41) is 6.87. The Balaban J connectivity index is 0.000000150. The van der Waals surface area contributed by atoms with Crippen LogP contribution < -0.4 is 0 Å². The maximum Gasteiger partial charge on any atom is 0.160 e. The van der Waals surface area contributed by atoms with E-state index < -0.39 is 0 Å². The monoisotopic (exact) mass is 1280 g/mol. The molecule has 10 aromatic carbocycles. The van der Waals surface area contributed by atoms with E-state index in [1.54, 1.807) is 24.8 Å². The molecule has 0 radical (unpaired) electrons. The molecular formula is C91H59N9. The van der Waals surface area contributed by atoms with Crippen molar-refractivity contribution >= 4 is 43.4 Å². The molecule has 9 nitrogen and oxygen atoms in total. The van der Waals surface area contributed by atoms with Crippen LogP contribution in [-0.4, -0.2) is 44.9 Å². The van der Waals surface area contributed by atoms with Gasteiger partial charge in [0.25, 0.3) is 0 Å². The lowest BCUT2D eigenvalue weighted by Gasteiger charge is -2.15. The summed E-state index contributed by atoms with van der Waals surface area (Å²) in [6.45, 7) is 0. The number of pyridine rings is 7. The van der Waals surface area contributed by atoms with Gasteiger partial charge in [-0.25, -0.2) is 24.9 Å². The Bertz CT molecular complexity index is 5500. The second kappa shape index (κ2) is 26.9. The molecule has 0 amide bonds. The highest BCUT2D eigenvalue weighted by Gasteiger charge is 2.19. The summed E-state index contributed by atoms with van der Waals surface area (Å²) in [6.07, 6.45) is 11.0. The lowest BCUT2D eigenvalue weighted by Crippen LogP contribution is -1.95. The van der Waals surface area contributed by atoms with Gasteiger partial charge in [0.2, 0.25) is 0 Å². The van der Waals surface area contributed by atoms with E-state index >= 15 is 0 Å². The number of fused-ring (bicyclic) bond motifs is 6. The summed E-state index contributed by atoms with van der Waals surface area (Å²) in [5.41, 5.74) is 25.3. The molecule has 0 saturated carbocycles. The molecule has 0 saturated heterocycles. The van der Waals surface area contributed by atoms with Crippen LogP contribution in [0, 0.1) is 0 Å². The first kappa shape index (κ1) is 60.1. The highest BCUT2D eigenvalue weighted by atomic mass is 14.9. The number of aromatic nitrogens is 9. The van der Waals surface area contributed by atoms with E-state index in [0.717, 1.165) is 150 Å². The van der Waals surface area contributed by atoms with Crippen molar-refractivity contribution in [3.8, 4) is 135 Å². The van der Waals surface area contributed by atoms with Crippen LogP contribution in [0.1, 0.15) is 0 Å². The van der Waals surface area contributed by atoms with Crippen molar-refractivity contribution < 1.29 is 0 Å². The lowest BCUT2D eigenvalue weighted by atomic mass is 9.91. The number of para-hydroxylation sites is 2. The maximum atomic E-state index is 5.10. The largest absolute Gasteiger partial charge is 0.264 e. The van der Waals surface area contributed by atoms with Gasteiger partial charge in [0, 0.05) is 97.3 Å². The zero-order valence-electron chi connectivity index (χ0n) is 54.1. The molecular weight excluding hydrogens is 1220 g/mol. The number of hydrogen-bond donors (Lipinski definition) is 0. The van der Waals surface area contributed by atoms with Gasteiger partial charge in [-0.3, -0.25) is 19.9 Å². The van der Waals surface area contributed by atoms with E-state index in [1.807, 2.05) is 109 Å². The summed E-state index contributed by atoms with van der Waals surface area (Å²) < 4.78 is 0. The predicted octanol–water partition coefficient (Wildman–Crippen LogP) is 22.5. The Morgan fingerprint density at radius 1 is 0.190 bits per heavy atom. The van der Waals surface area contributed by atoms with E-state index in [4.69, 9.17) is 24.9 Å². The standard InChI is InChI=1S/C46H30N4.C45H29N5/c1-3-12-32(13-4-1)42-29-43(50-46(49-42)34-14-5-2-6-15-34)33-25-23-31(24-26-33)35-16-9-17-36(28-35)38-20-10-21-40-44(38)39-19-7-8-22-41(39)48-45(40)37-18-11-27-47-30-37;1-2-16-39-37(13-1)44-36(14-8-15-38(44)45(50-39)34-12-9-23-46-29-34)33-11-7-10-32(26-33)30-19-21-31(22-20-30)35-27-42(40-17-3-5-24-47-40)49-43(28-35)41-18-4-6-25-48-41/h1-30H;1-29H. The van der Waals surface area contributed by atoms with Gasteiger partial charge < -0.3 is 0 Å². The Morgan fingerprint density at radius 3 is 1.05 bits per heavy atom. The Kier molecular flexibility index (Phi) is 16.1. The fourth-order valence-corrected chi connectivity index (χ4v) is 13.4. The average Bonchev–Trinajstić information content (AvgIpc) is 0.752. The van der Waals surface area contributed by atoms with Crippen LogP contribution in [0.25, 0.3) is 178 Å². The number of rotatable bonds is 12. The van der Waals surface area contributed by atoms with E-state index in [0.29, 0.717) is 5.82 Å². The van der Waals surface area contributed by atoms with Crippen LogP contribution >= 0.6 is 0 Å². The van der Waals surface area contributed by atoms with Crippen LogP contribution in [0.4, 0.5) is 0 Å². The number of nitrogens with zero attached hydrogens (tertiary/aromatic N) is 9. The quantitative estimate of drug-likeness (QED) is 0.110. The van der Waals surface area contributed by atoms with Crippen molar-refractivity contribution in [2.45, 2.75) is 0 Å². The van der Waals surface area contributed by atoms with Gasteiger partial charge in [-0.15, -0.1) is 0 Å². The van der Waals surface area contributed by atoms with Gasteiger partial charge in [0.15, 0.2) is 5.82 Å². The zero-order valence-corrected chi connectivity index (χ0v) is 54.1. The second-order valence-electron chi connectivity index (χ2n) is 24.5. The van der Waals surface area contributed by atoms with Crippen molar-refractivity contribution in [2.24, 2.45) is 0 Å². The molecule has 0 spiro atoms. The van der Waals surface area contributed by atoms with Crippen molar-refractivity contribution in [3.05, 3.63) is 359 Å². The SMILES string of the molecule is c1ccc(-c2cc(-c3ccc(-c4cccc(-c5cccc6c(-c7cccnc7)nc7ccccc7c56)c4)cc3)cc(-c3ccccn3)n2)nc1.c1ccc(-c2cc(-c3ccc(-c4cccc(-c5cccc6c(-c7cccnc7)nc7ccccc7c56)c4)cc3)nc(-c3ccccc3)n2)cc1. The minimum absolute atomic E-state index is 0.711. The highest BCUT2D eigenvalue weighted by Crippen LogP contribution is 2.43. The van der Waals surface area contributed by atoms with Gasteiger partial charge in [-0.2, -0.15) is 0 Å². The highest BCUT2D eigenvalue weighted by molar-refractivity contribution is 6.18.